The van der Waals surface area contributed by atoms with Crippen LogP contribution < -0.4 is 0 Å². The van der Waals surface area contributed by atoms with Gasteiger partial charge in [-0.05, 0) is 31.1 Å². The molecule has 0 aromatic heterocycles. The first-order valence-corrected chi connectivity index (χ1v) is 11.9. The number of ether oxygens (including phenoxy) is 2. The molecular formula is C24H46O4. The Hall–Kier alpha value is -1.06. The van der Waals surface area contributed by atoms with Gasteiger partial charge >= 0.3 is 11.9 Å². The van der Waals surface area contributed by atoms with E-state index >= 15 is 0 Å². The highest BCUT2D eigenvalue weighted by Gasteiger charge is 2.30. The lowest BCUT2D eigenvalue weighted by molar-refractivity contribution is -0.164. The van der Waals surface area contributed by atoms with E-state index in [4.69, 9.17) is 9.47 Å². The first-order valence-electron chi connectivity index (χ1n) is 11.9. The van der Waals surface area contributed by atoms with Gasteiger partial charge in [0.15, 0.2) is 5.92 Å². The van der Waals surface area contributed by atoms with Gasteiger partial charge in [0.1, 0.15) is 0 Å². The van der Waals surface area contributed by atoms with Crippen LogP contribution in [0, 0.1) is 17.8 Å². The molecule has 0 aliphatic carbocycles. The van der Waals surface area contributed by atoms with Crippen LogP contribution in [0.25, 0.3) is 0 Å². The van der Waals surface area contributed by atoms with Gasteiger partial charge in [0.05, 0.1) is 13.2 Å². The molecule has 0 heterocycles. The Bertz CT molecular complexity index is 362. The number of unbranched alkanes of at least 4 members (excludes halogenated alkanes) is 4. The van der Waals surface area contributed by atoms with E-state index in [1.54, 1.807) is 0 Å². The largest absolute Gasteiger partial charge is 0.465 e. The average molecular weight is 399 g/mol. The lowest BCUT2D eigenvalue weighted by Crippen LogP contribution is -2.30. The van der Waals surface area contributed by atoms with Crippen molar-refractivity contribution in [3.63, 3.8) is 0 Å². The first-order chi connectivity index (χ1) is 13.5. The van der Waals surface area contributed by atoms with E-state index in [1.165, 1.54) is 0 Å². The monoisotopic (exact) mass is 398 g/mol. The van der Waals surface area contributed by atoms with Crippen LogP contribution in [0.2, 0.25) is 0 Å². The maximum atomic E-state index is 12.6. The van der Waals surface area contributed by atoms with Crippen molar-refractivity contribution in [1.29, 1.82) is 0 Å². The second kappa shape index (κ2) is 18.0. The van der Waals surface area contributed by atoms with Crippen molar-refractivity contribution in [1.82, 2.24) is 0 Å². The first kappa shape index (κ1) is 26.9. The average Bonchev–Trinajstić information content (AvgIpc) is 2.71. The molecule has 0 aromatic rings. The molecule has 0 N–H and O–H groups in total. The molecule has 2 atom stereocenters. The second-order valence-electron chi connectivity index (χ2n) is 8.14. The lowest BCUT2D eigenvalue weighted by Gasteiger charge is -2.20. The van der Waals surface area contributed by atoms with E-state index in [9.17, 15) is 9.59 Å². The molecule has 0 spiro atoms. The third kappa shape index (κ3) is 12.4. The Morgan fingerprint density at radius 1 is 0.607 bits per heavy atom. The Morgan fingerprint density at radius 3 is 1.39 bits per heavy atom. The zero-order chi connectivity index (χ0) is 21.2. The van der Waals surface area contributed by atoms with Gasteiger partial charge in [0.2, 0.25) is 0 Å². The summed E-state index contributed by atoms with van der Waals surface area (Å²) in [6, 6.07) is 0. The molecule has 0 saturated heterocycles. The quantitative estimate of drug-likeness (QED) is 0.146. The molecule has 166 valence electrons. The predicted octanol–water partition coefficient (Wildman–Crippen LogP) is 6.70. The van der Waals surface area contributed by atoms with Crippen LogP contribution in [0.5, 0.6) is 0 Å². The topological polar surface area (TPSA) is 52.6 Å². The van der Waals surface area contributed by atoms with Crippen molar-refractivity contribution >= 4 is 11.9 Å². The van der Waals surface area contributed by atoms with Gasteiger partial charge in [0, 0.05) is 0 Å². The molecule has 0 aromatic carbocycles. The normalized spacial score (nSPS) is 14.3. The van der Waals surface area contributed by atoms with Crippen LogP contribution in [0.15, 0.2) is 0 Å². The molecule has 28 heavy (non-hydrogen) atoms. The van der Waals surface area contributed by atoms with Crippen molar-refractivity contribution in [3.05, 3.63) is 0 Å². The smallest absolute Gasteiger partial charge is 0.320 e. The fourth-order valence-corrected chi connectivity index (χ4v) is 3.33. The number of carbonyl (C=O) groups is 2. The zero-order valence-corrected chi connectivity index (χ0v) is 19.3. The molecule has 0 aliphatic heterocycles. The molecule has 0 bridgehead atoms. The van der Waals surface area contributed by atoms with E-state index in [2.05, 4.69) is 34.6 Å². The standard InChI is InChI=1S/C24H46O4/c1-6-11-14-17-22(23(25)27-18-20(9-4)15-12-7-2)24(26)28-19-21(10-5)16-13-8-3/h20-22H,6-19H2,1-5H3. The summed E-state index contributed by atoms with van der Waals surface area (Å²) in [6.45, 7) is 11.5. The molecule has 0 amide bonds. The predicted molar refractivity (Wildman–Crippen MR) is 116 cm³/mol. The van der Waals surface area contributed by atoms with Crippen LogP contribution in [0.3, 0.4) is 0 Å². The molecule has 0 saturated carbocycles. The molecule has 4 nitrogen and oxygen atoms in total. The highest BCUT2D eigenvalue weighted by Crippen LogP contribution is 2.19. The van der Waals surface area contributed by atoms with Crippen molar-refractivity contribution in [3.8, 4) is 0 Å². The van der Waals surface area contributed by atoms with Crippen molar-refractivity contribution in [2.45, 2.75) is 112 Å². The Balaban J connectivity index is 4.70. The molecule has 4 heteroatoms. The summed E-state index contributed by atoms with van der Waals surface area (Å²) in [5.41, 5.74) is 0. The van der Waals surface area contributed by atoms with E-state index in [-0.39, 0.29) is 0 Å². The summed E-state index contributed by atoms with van der Waals surface area (Å²) in [5, 5.41) is 0. The minimum atomic E-state index is -0.765. The van der Waals surface area contributed by atoms with Gasteiger partial charge in [-0.2, -0.15) is 0 Å². The van der Waals surface area contributed by atoms with Crippen molar-refractivity contribution < 1.29 is 19.1 Å². The Morgan fingerprint density at radius 2 is 1.04 bits per heavy atom. The molecule has 0 radical (unpaired) electrons. The van der Waals surface area contributed by atoms with Gasteiger partial charge in [-0.25, -0.2) is 0 Å². The highest BCUT2D eigenvalue weighted by molar-refractivity contribution is 5.94. The number of esters is 2. The van der Waals surface area contributed by atoms with Gasteiger partial charge < -0.3 is 9.47 Å². The molecule has 0 aliphatic rings. The summed E-state index contributed by atoms with van der Waals surface area (Å²) >= 11 is 0. The van der Waals surface area contributed by atoms with E-state index in [0.717, 1.165) is 70.6 Å². The Labute approximate surface area is 174 Å². The van der Waals surface area contributed by atoms with Crippen LogP contribution in [-0.2, 0) is 19.1 Å². The van der Waals surface area contributed by atoms with Crippen molar-refractivity contribution in [2.75, 3.05) is 13.2 Å². The van der Waals surface area contributed by atoms with Crippen molar-refractivity contribution in [2.24, 2.45) is 17.8 Å². The minimum Gasteiger partial charge on any atom is -0.465 e. The third-order valence-electron chi connectivity index (χ3n) is 5.67. The summed E-state index contributed by atoms with van der Waals surface area (Å²) in [5.74, 6) is -0.779. The Kier molecular flexibility index (Phi) is 17.3. The maximum absolute atomic E-state index is 12.6. The summed E-state index contributed by atoms with van der Waals surface area (Å²) in [4.78, 5) is 25.3. The molecular weight excluding hydrogens is 352 g/mol. The molecule has 2 unspecified atom stereocenters. The number of hydrogen-bond acceptors (Lipinski definition) is 4. The maximum Gasteiger partial charge on any atom is 0.320 e. The number of carbonyl (C=O) groups excluding carboxylic acids is 2. The number of hydrogen-bond donors (Lipinski definition) is 0. The SMILES string of the molecule is CCCCCC(C(=O)OCC(CC)CCCC)C(=O)OCC(CC)CCCC. The summed E-state index contributed by atoms with van der Waals surface area (Å²) < 4.78 is 11.1. The van der Waals surface area contributed by atoms with Gasteiger partial charge in [-0.3, -0.25) is 9.59 Å². The zero-order valence-electron chi connectivity index (χ0n) is 19.3. The highest BCUT2D eigenvalue weighted by atomic mass is 16.6. The van der Waals surface area contributed by atoms with Crippen LogP contribution in [0.1, 0.15) is 112 Å². The van der Waals surface area contributed by atoms with Gasteiger partial charge in [-0.15, -0.1) is 0 Å². The fourth-order valence-electron chi connectivity index (χ4n) is 3.33. The third-order valence-corrected chi connectivity index (χ3v) is 5.67. The van der Waals surface area contributed by atoms with Crippen LogP contribution >= 0.6 is 0 Å². The fraction of sp³-hybridized carbons (Fsp3) is 0.917. The van der Waals surface area contributed by atoms with Gasteiger partial charge in [-0.1, -0.05) is 92.4 Å². The minimum absolute atomic E-state index is 0.384. The molecule has 0 fully saturated rings. The van der Waals surface area contributed by atoms with Crippen LogP contribution in [0.4, 0.5) is 0 Å². The van der Waals surface area contributed by atoms with E-state index < -0.39 is 17.9 Å². The van der Waals surface area contributed by atoms with E-state index in [0.29, 0.717) is 31.5 Å². The lowest BCUT2D eigenvalue weighted by atomic mass is 9.99. The van der Waals surface area contributed by atoms with E-state index in [1.807, 2.05) is 0 Å². The van der Waals surface area contributed by atoms with Crippen LogP contribution in [-0.4, -0.2) is 25.2 Å². The second-order valence-corrected chi connectivity index (χ2v) is 8.14. The number of rotatable bonds is 18. The van der Waals surface area contributed by atoms with Gasteiger partial charge in [0.25, 0.3) is 0 Å². The molecule has 0 rings (SSSR count). The summed E-state index contributed by atoms with van der Waals surface area (Å²) in [6.07, 6.45) is 12.2. The summed E-state index contributed by atoms with van der Waals surface area (Å²) in [7, 11) is 0.